The summed E-state index contributed by atoms with van der Waals surface area (Å²) in [7, 11) is 2.08. The van der Waals surface area contributed by atoms with Crippen LogP contribution in [0.1, 0.15) is 39.0 Å². The van der Waals surface area contributed by atoms with Crippen molar-refractivity contribution in [2.75, 3.05) is 39.8 Å². The number of nitrogens with one attached hydrogen (secondary N) is 1. The van der Waals surface area contributed by atoms with Gasteiger partial charge in [-0.05, 0) is 65.1 Å². The Labute approximate surface area is 117 Å². The lowest BCUT2D eigenvalue weighted by molar-refractivity contribution is -0.135. The second kappa shape index (κ2) is 7.25. The van der Waals surface area contributed by atoms with Gasteiger partial charge >= 0.3 is 0 Å². The summed E-state index contributed by atoms with van der Waals surface area (Å²) in [5.74, 6) is 1.03. The van der Waals surface area contributed by atoms with Crippen molar-refractivity contribution in [1.82, 2.24) is 15.1 Å². The van der Waals surface area contributed by atoms with Crippen LogP contribution in [0.2, 0.25) is 0 Å². The smallest absolute Gasteiger partial charge is 0.236 e. The van der Waals surface area contributed by atoms with Crippen LogP contribution in [0.3, 0.4) is 0 Å². The molecule has 2 fully saturated rings. The van der Waals surface area contributed by atoms with Crippen LogP contribution in [-0.2, 0) is 4.79 Å². The first kappa shape index (κ1) is 14.8. The Morgan fingerprint density at radius 2 is 2.16 bits per heavy atom. The topological polar surface area (TPSA) is 35.6 Å². The van der Waals surface area contributed by atoms with Gasteiger partial charge in [0.2, 0.25) is 5.91 Å². The molecule has 2 atom stereocenters. The first-order valence-corrected chi connectivity index (χ1v) is 7.85. The lowest BCUT2D eigenvalue weighted by Gasteiger charge is -2.35. The molecule has 1 N–H and O–H groups in total. The van der Waals surface area contributed by atoms with E-state index in [0.29, 0.717) is 24.4 Å². The van der Waals surface area contributed by atoms with Gasteiger partial charge in [0.1, 0.15) is 0 Å². The molecule has 2 unspecified atom stereocenters. The van der Waals surface area contributed by atoms with Crippen LogP contribution < -0.4 is 5.32 Å². The zero-order chi connectivity index (χ0) is 13.7. The average Bonchev–Trinajstić information content (AvgIpc) is 2.40. The molecule has 110 valence electrons. The van der Waals surface area contributed by atoms with E-state index in [9.17, 15) is 4.79 Å². The molecule has 0 bridgehead atoms. The summed E-state index contributed by atoms with van der Waals surface area (Å²) < 4.78 is 0. The Kier molecular flexibility index (Phi) is 5.64. The summed E-state index contributed by atoms with van der Waals surface area (Å²) in [6, 6.07) is 0.436. The number of likely N-dealkylation sites (tertiary alicyclic amines) is 1. The zero-order valence-corrected chi connectivity index (χ0v) is 12.5. The maximum absolute atomic E-state index is 12.3. The standard InChI is InChI=1S/C15H29N3O/c1-13-6-3-4-9-18(13)15(19)12-17(2)11-14-7-5-8-16-10-14/h13-14,16H,3-12H2,1-2H3. The molecule has 0 aromatic carbocycles. The minimum Gasteiger partial charge on any atom is -0.339 e. The largest absolute Gasteiger partial charge is 0.339 e. The molecule has 0 spiro atoms. The zero-order valence-electron chi connectivity index (χ0n) is 12.5. The molecule has 0 aliphatic carbocycles. The number of hydrogen-bond acceptors (Lipinski definition) is 3. The summed E-state index contributed by atoms with van der Waals surface area (Å²) >= 11 is 0. The van der Waals surface area contributed by atoms with Crippen LogP contribution in [0.4, 0.5) is 0 Å². The highest BCUT2D eigenvalue weighted by Gasteiger charge is 2.24. The second-order valence-corrected chi connectivity index (χ2v) is 6.34. The van der Waals surface area contributed by atoms with Crippen molar-refractivity contribution in [2.45, 2.75) is 45.1 Å². The Balaban J connectivity index is 1.74. The number of likely N-dealkylation sites (N-methyl/N-ethyl adjacent to an activating group) is 1. The third kappa shape index (κ3) is 4.46. The molecule has 0 radical (unpaired) electrons. The molecular weight excluding hydrogens is 238 g/mol. The van der Waals surface area contributed by atoms with Crippen molar-refractivity contribution >= 4 is 5.91 Å². The highest BCUT2D eigenvalue weighted by Crippen LogP contribution is 2.17. The van der Waals surface area contributed by atoms with E-state index >= 15 is 0 Å². The highest BCUT2D eigenvalue weighted by molar-refractivity contribution is 5.78. The number of carbonyl (C=O) groups is 1. The van der Waals surface area contributed by atoms with Crippen molar-refractivity contribution < 1.29 is 4.79 Å². The molecule has 0 aromatic heterocycles. The lowest BCUT2D eigenvalue weighted by Crippen LogP contribution is -2.47. The molecule has 1 amide bonds. The lowest BCUT2D eigenvalue weighted by atomic mass is 9.99. The maximum atomic E-state index is 12.3. The second-order valence-electron chi connectivity index (χ2n) is 6.34. The van der Waals surface area contributed by atoms with E-state index in [2.05, 4.69) is 29.1 Å². The van der Waals surface area contributed by atoms with Crippen molar-refractivity contribution in [1.29, 1.82) is 0 Å². The first-order chi connectivity index (χ1) is 9.16. The number of nitrogens with zero attached hydrogens (tertiary/aromatic N) is 2. The summed E-state index contributed by atoms with van der Waals surface area (Å²) in [5, 5.41) is 3.44. The van der Waals surface area contributed by atoms with E-state index in [0.717, 1.165) is 26.2 Å². The van der Waals surface area contributed by atoms with Gasteiger partial charge in [-0.1, -0.05) is 0 Å². The minimum absolute atomic E-state index is 0.318. The number of hydrogen-bond donors (Lipinski definition) is 1. The predicted octanol–water partition coefficient (Wildman–Crippen LogP) is 1.32. The average molecular weight is 267 g/mol. The molecule has 4 nitrogen and oxygen atoms in total. The SMILES string of the molecule is CC1CCCCN1C(=O)CN(C)CC1CCCNC1. The Morgan fingerprint density at radius 3 is 2.84 bits per heavy atom. The normalized spacial score (nSPS) is 28.7. The molecule has 2 rings (SSSR count). The van der Waals surface area contributed by atoms with Gasteiger partial charge in [-0.3, -0.25) is 9.69 Å². The van der Waals surface area contributed by atoms with Gasteiger partial charge in [0.15, 0.2) is 0 Å². The van der Waals surface area contributed by atoms with Crippen LogP contribution >= 0.6 is 0 Å². The summed E-state index contributed by atoms with van der Waals surface area (Å²) in [6.07, 6.45) is 6.18. The van der Waals surface area contributed by atoms with Crippen LogP contribution in [0.25, 0.3) is 0 Å². The fourth-order valence-electron chi connectivity index (χ4n) is 3.38. The van der Waals surface area contributed by atoms with Gasteiger partial charge in [0, 0.05) is 19.1 Å². The summed E-state index contributed by atoms with van der Waals surface area (Å²) in [6.45, 7) is 7.03. The van der Waals surface area contributed by atoms with Crippen LogP contribution in [0, 0.1) is 5.92 Å². The van der Waals surface area contributed by atoms with Crippen LogP contribution in [-0.4, -0.2) is 61.5 Å². The van der Waals surface area contributed by atoms with Crippen LogP contribution in [0.5, 0.6) is 0 Å². The van der Waals surface area contributed by atoms with Gasteiger partial charge in [0.25, 0.3) is 0 Å². The molecule has 0 aromatic rings. The quantitative estimate of drug-likeness (QED) is 0.834. The van der Waals surface area contributed by atoms with Gasteiger partial charge in [-0.2, -0.15) is 0 Å². The van der Waals surface area contributed by atoms with E-state index in [-0.39, 0.29) is 0 Å². The molecule has 2 aliphatic rings. The molecule has 0 saturated carbocycles. The van der Waals surface area contributed by atoms with E-state index < -0.39 is 0 Å². The van der Waals surface area contributed by atoms with Crippen LogP contribution in [0.15, 0.2) is 0 Å². The van der Waals surface area contributed by atoms with Gasteiger partial charge in [-0.25, -0.2) is 0 Å². The minimum atomic E-state index is 0.318. The molecular formula is C15H29N3O. The number of piperidine rings is 2. The summed E-state index contributed by atoms with van der Waals surface area (Å²) in [4.78, 5) is 16.6. The van der Waals surface area contributed by atoms with Crippen molar-refractivity contribution in [3.05, 3.63) is 0 Å². The third-order valence-corrected chi connectivity index (χ3v) is 4.50. The third-order valence-electron chi connectivity index (χ3n) is 4.50. The number of carbonyl (C=O) groups excluding carboxylic acids is 1. The van der Waals surface area contributed by atoms with E-state index in [1.165, 1.54) is 32.1 Å². The molecule has 2 saturated heterocycles. The first-order valence-electron chi connectivity index (χ1n) is 7.85. The Hall–Kier alpha value is -0.610. The van der Waals surface area contributed by atoms with Gasteiger partial charge in [-0.15, -0.1) is 0 Å². The van der Waals surface area contributed by atoms with Crippen molar-refractivity contribution in [3.8, 4) is 0 Å². The Bertz CT molecular complexity index is 289. The highest BCUT2D eigenvalue weighted by atomic mass is 16.2. The maximum Gasteiger partial charge on any atom is 0.236 e. The molecule has 4 heteroatoms. The van der Waals surface area contributed by atoms with Crippen molar-refractivity contribution in [3.63, 3.8) is 0 Å². The van der Waals surface area contributed by atoms with E-state index in [1.54, 1.807) is 0 Å². The molecule has 2 aliphatic heterocycles. The Morgan fingerprint density at radius 1 is 1.32 bits per heavy atom. The summed E-state index contributed by atoms with van der Waals surface area (Å²) in [5.41, 5.74) is 0. The van der Waals surface area contributed by atoms with Gasteiger partial charge < -0.3 is 10.2 Å². The fourth-order valence-corrected chi connectivity index (χ4v) is 3.38. The molecule has 2 heterocycles. The van der Waals surface area contributed by atoms with E-state index in [1.807, 2.05) is 0 Å². The number of amides is 1. The van der Waals surface area contributed by atoms with Crippen molar-refractivity contribution in [2.24, 2.45) is 5.92 Å². The number of rotatable bonds is 4. The monoisotopic (exact) mass is 267 g/mol. The van der Waals surface area contributed by atoms with E-state index in [4.69, 9.17) is 0 Å². The van der Waals surface area contributed by atoms with Gasteiger partial charge in [0.05, 0.1) is 6.54 Å². The predicted molar refractivity (Wildman–Crippen MR) is 78.1 cm³/mol. The molecule has 19 heavy (non-hydrogen) atoms. The fraction of sp³-hybridized carbons (Fsp3) is 0.933.